The molecule has 0 fully saturated rings. The van der Waals surface area contributed by atoms with Crippen LogP contribution in [-0.4, -0.2) is 40.0 Å². The molecule has 0 spiro atoms. The van der Waals surface area contributed by atoms with Crippen LogP contribution >= 0.6 is 0 Å². The van der Waals surface area contributed by atoms with Gasteiger partial charge < -0.3 is 10.0 Å². The Labute approximate surface area is 87.4 Å². The average molecular weight is 208 g/mol. The number of rotatable bonds is 3. The van der Waals surface area contributed by atoms with Gasteiger partial charge in [0, 0.05) is 25.0 Å². The van der Waals surface area contributed by atoms with E-state index in [4.69, 9.17) is 5.11 Å². The standard InChI is InChI=1S/C10H12N2O3/c1-7(10(14)15)12(2)9(13)8-3-5-11-6-4-8/h3-7H,1-2H3,(H,14,15). The summed E-state index contributed by atoms with van der Waals surface area (Å²) in [7, 11) is 1.46. The second kappa shape index (κ2) is 4.54. The maximum absolute atomic E-state index is 11.7. The summed E-state index contributed by atoms with van der Waals surface area (Å²) in [6.07, 6.45) is 2.99. The molecule has 1 unspecified atom stereocenters. The molecule has 1 heterocycles. The normalized spacial score (nSPS) is 11.9. The lowest BCUT2D eigenvalue weighted by Gasteiger charge is -2.21. The zero-order valence-corrected chi connectivity index (χ0v) is 8.54. The quantitative estimate of drug-likeness (QED) is 0.790. The van der Waals surface area contributed by atoms with Crippen molar-refractivity contribution in [1.29, 1.82) is 0 Å². The minimum absolute atomic E-state index is 0.327. The van der Waals surface area contributed by atoms with Crippen molar-refractivity contribution in [3.63, 3.8) is 0 Å². The van der Waals surface area contributed by atoms with Crippen molar-refractivity contribution in [1.82, 2.24) is 9.88 Å². The summed E-state index contributed by atoms with van der Waals surface area (Å²) in [4.78, 5) is 27.4. The number of likely N-dealkylation sites (N-methyl/N-ethyl adjacent to an activating group) is 1. The van der Waals surface area contributed by atoms with Crippen LogP contribution < -0.4 is 0 Å². The van der Waals surface area contributed by atoms with Crippen molar-refractivity contribution in [2.24, 2.45) is 0 Å². The van der Waals surface area contributed by atoms with Crippen LogP contribution in [0.2, 0.25) is 0 Å². The van der Waals surface area contributed by atoms with Gasteiger partial charge in [0.05, 0.1) is 0 Å². The molecule has 0 saturated carbocycles. The first-order valence-electron chi connectivity index (χ1n) is 4.44. The van der Waals surface area contributed by atoms with E-state index in [1.807, 2.05) is 0 Å². The number of aromatic nitrogens is 1. The number of carboxylic acids is 1. The van der Waals surface area contributed by atoms with Gasteiger partial charge in [-0.1, -0.05) is 0 Å². The molecule has 0 aromatic carbocycles. The van der Waals surface area contributed by atoms with Gasteiger partial charge in [0.25, 0.3) is 5.91 Å². The molecule has 5 nitrogen and oxygen atoms in total. The van der Waals surface area contributed by atoms with E-state index < -0.39 is 12.0 Å². The van der Waals surface area contributed by atoms with Crippen LogP contribution in [0, 0.1) is 0 Å². The van der Waals surface area contributed by atoms with Crippen LogP contribution in [0.3, 0.4) is 0 Å². The minimum atomic E-state index is -1.03. The highest BCUT2D eigenvalue weighted by Crippen LogP contribution is 2.05. The highest BCUT2D eigenvalue weighted by molar-refractivity contribution is 5.96. The molecule has 0 aliphatic carbocycles. The molecule has 80 valence electrons. The average Bonchev–Trinajstić information content (AvgIpc) is 2.27. The van der Waals surface area contributed by atoms with Gasteiger partial charge in [-0.2, -0.15) is 0 Å². The van der Waals surface area contributed by atoms with Gasteiger partial charge in [0.1, 0.15) is 6.04 Å². The molecule has 0 aliphatic rings. The molecule has 1 N–H and O–H groups in total. The molecule has 0 bridgehead atoms. The van der Waals surface area contributed by atoms with Crippen molar-refractivity contribution >= 4 is 11.9 Å². The van der Waals surface area contributed by atoms with Crippen LogP contribution in [0.15, 0.2) is 24.5 Å². The predicted octanol–water partition coefficient (Wildman–Crippen LogP) is 0.627. The van der Waals surface area contributed by atoms with Gasteiger partial charge in [-0.05, 0) is 19.1 Å². The van der Waals surface area contributed by atoms with Gasteiger partial charge in [0.15, 0.2) is 0 Å². The van der Waals surface area contributed by atoms with E-state index in [-0.39, 0.29) is 5.91 Å². The maximum Gasteiger partial charge on any atom is 0.326 e. The van der Waals surface area contributed by atoms with Crippen molar-refractivity contribution in [2.75, 3.05) is 7.05 Å². The molecule has 0 radical (unpaired) electrons. The highest BCUT2D eigenvalue weighted by Gasteiger charge is 2.22. The number of amides is 1. The lowest BCUT2D eigenvalue weighted by Crippen LogP contribution is -2.40. The zero-order chi connectivity index (χ0) is 11.4. The largest absolute Gasteiger partial charge is 0.480 e. The van der Waals surface area contributed by atoms with Crippen molar-refractivity contribution in [3.05, 3.63) is 30.1 Å². The number of hydrogen-bond donors (Lipinski definition) is 1. The third-order valence-electron chi connectivity index (χ3n) is 2.19. The van der Waals surface area contributed by atoms with Gasteiger partial charge in [-0.15, -0.1) is 0 Å². The Morgan fingerprint density at radius 3 is 2.40 bits per heavy atom. The zero-order valence-electron chi connectivity index (χ0n) is 8.54. The smallest absolute Gasteiger partial charge is 0.326 e. The first-order chi connectivity index (χ1) is 7.04. The second-order valence-corrected chi connectivity index (χ2v) is 3.17. The van der Waals surface area contributed by atoms with Crippen LogP contribution in [0.4, 0.5) is 0 Å². The van der Waals surface area contributed by atoms with Gasteiger partial charge >= 0.3 is 5.97 Å². The van der Waals surface area contributed by atoms with Crippen LogP contribution in [0.25, 0.3) is 0 Å². The Kier molecular flexibility index (Phi) is 3.38. The summed E-state index contributed by atoms with van der Waals surface area (Å²) in [5.41, 5.74) is 0.431. The van der Waals surface area contributed by atoms with E-state index >= 15 is 0 Å². The Morgan fingerprint density at radius 1 is 1.40 bits per heavy atom. The van der Waals surface area contributed by atoms with E-state index in [9.17, 15) is 9.59 Å². The lowest BCUT2D eigenvalue weighted by atomic mass is 10.2. The first kappa shape index (κ1) is 11.2. The summed E-state index contributed by atoms with van der Waals surface area (Å²) in [6, 6.07) is 2.26. The van der Waals surface area contributed by atoms with Gasteiger partial charge in [-0.3, -0.25) is 9.78 Å². The van der Waals surface area contributed by atoms with Crippen LogP contribution in [0.5, 0.6) is 0 Å². The lowest BCUT2D eigenvalue weighted by molar-refractivity contribution is -0.141. The number of aliphatic carboxylic acids is 1. The Morgan fingerprint density at radius 2 is 1.93 bits per heavy atom. The maximum atomic E-state index is 11.7. The van der Waals surface area contributed by atoms with E-state index in [1.54, 1.807) is 12.1 Å². The number of hydrogen-bond acceptors (Lipinski definition) is 3. The summed E-state index contributed by atoms with van der Waals surface area (Å²) in [6.45, 7) is 1.46. The third-order valence-corrected chi connectivity index (χ3v) is 2.19. The first-order valence-corrected chi connectivity index (χ1v) is 4.44. The number of carbonyl (C=O) groups is 2. The Hall–Kier alpha value is -1.91. The molecule has 0 saturated heterocycles. The fraction of sp³-hybridized carbons (Fsp3) is 0.300. The highest BCUT2D eigenvalue weighted by atomic mass is 16.4. The molecule has 1 atom stereocenters. The fourth-order valence-corrected chi connectivity index (χ4v) is 1.04. The topological polar surface area (TPSA) is 70.5 Å². The Bertz CT molecular complexity index is 364. The molecular weight excluding hydrogens is 196 g/mol. The number of pyridine rings is 1. The Balaban J connectivity index is 2.82. The van der Waals surface area contributed by atoms with E-state index in [0.29, 0.717) is 5.56 Å². The number of carboxylic acid groups (broad SMARTS) is 1. The summed E-state index contributed by atoms with van der Waals surface area (Å²) < 4.78 is 0. The van der Waals surface area contributed by atoms with Gasteiger partial charge in [-0.25, -0.2) is 4.79 Å². The predicted molar refractivity (Wildman–Crippen MR) is 53.4 cm³/mol. The molecular formula is C10H12N2O3. The fourth-order valence-electron chi connectivity index (χ4n) is 1.04. The monoisotopic (exact) mass is 208 g/mol. The molecule has 0 aliphatic heterocycles. The summed E-state index contributed by atoms with van der Waals surface area (Å²) >= 11 is 0. The van der Waals surface area contributed by atoms with E-state index in [2.05, 4.69) is 4.98 Å². The van der Waals surface area contributed by atoms with Crippen molar-refractivity contribution in [3.8, 4) is 0 Å². The van der Waals surface area contributed by atoms with Crippen molar-refractivity contribution in [2.45, 2.75) is 13.0 Å². The molecule has 15 heavy (non-hydrogen) atoms. The van der Waals surface area contributed by atoms with Gasteiger partial charge in [0.2, 0.25) is 0 Å². The third kappa shape index (κ3) is 2.52. The van der Waals surface area contributed by atoms with Crippen LogP contribution in [-0.2, 0) is 4.79 Å². The summed E-state index contributed by atoms with van der Waals surface area (Å²) in [5.74, 6) is -1.35. The van der Waals surface area contributed by atoms with Crippen molar-refractivity contribution < 1.29 is 14.7 Å². The number of nitrogens with zero attached hydrogens (tertiary/aromatic N) is 2. The SMILES string of the molecule is CC(C(=O)O)N(C)C(=O)c1ccncc1. The summed E-state index contributed by atoms with van der Waals surface area (Å²) in [5, 5.41) is 8.74. The molecule has 1 amide bonds. The number of carbonyl (C=O) groups excluding carboxylic acids is 1. The molecule has 5 heteroatoms. The van der Waals surface area contributed by atoms with Crippen LogP contribution in [0.1, 0.15) is 17.3 Å². The molecule has 1 rings (SSSR count). The molecule has 1 aromatic heterocycles. The van der Waals surface area contributed by atoms with E-state index in [0.717, 1.165) is 0 Å². The minimum Gasteiger partial charge on any atom is -0.480 e. The molecule has 1 aromatic rings. The van der Waals surface area contributed by atoms with E-state index in [1.165, 1.54) is 31.3 Å². The second-order valence-electron chi connectivity index (χ2n) is 3.17.